The van der Waals surface area contributed by atoms with Crippen LogP contribution in [0.4, 0.5) is 10.1 Å². The Labute approximate surface area is 127 Å². The van der Waals surface area contributed by atoms with Gasteiger partial charge in [0.2, 0.25) is 0 Å². The minimum atomic E-state index is -0.242. The minimum absolute atomic E-state index is 0.0208. The Bertz CT molecular complexity index is 614. The quantitative estimate of drug-likeness (QED) is 0.894. The fourth-order valence-electron chi connectivity index (χ4n) is 1.85. The lowest BCUT2D eigenvalue weighted by molar-refractivity contribution is 0.355. The average molecular weight is 340 g/mol. The molecular formula is C15H19BrFN3. The Balaban J connectivity index is 2.09. The molecule has 0 saturated carbocycles. The third-order valence-corrected chi connectivity index (χ3v) is 3.68. The Hall–Kier alpha value is -1.36. The van der Waals surface area contributed by atoms with Gasteiger partial charge >= 0.3 is 0 Å². The van der Waals surface area contributed by atoms with Gasteiger partial charge in [-0.05, 0) is 61.3 Å². The van der Waals surface area contributed by atoms with Crippen molar-refractivity contribution in [1.29, 1.82) is 0 Å². The van der Waals surface area contributed by atoms with Crippen molar-refractivity contribution in [3.8, 4) is 0 Å². The van der Waals surface area contributed by atoms with E-state index in [9.17, 15) is 4.39 Å². The maximum Gasteiger partial charge on any atom is 0.137 e. The van der Waals surface area contributed by atoms with Crippen LogP contribution in [0.5, 0.6) is 0 Å². The summed E-state index contributed by atoms with van der Waals surface area (Å²) in [6.07, 6.45) is 3.88. The van der Waals surface area contributed by atoms with E-state index in [0.29, 0.717) is 11.0 Å². The molecule has 1 heterocycles. The van der Waals surface area contributed by atoms with Crippen LogP contribution in [0.3, 0.4) is 0 Å². The molecule has 0 radical (unpaired) electrons. The van der Waals surface area contributed by atoms with Gasteiger partial charge in [-0.1, -0.05) is 0 Å². The zero-order valence-electron chi connectivity index (χ0n) is 12.2. The Morgan fingerprint density at radius 3 is 2.65 bits per heavy atom. The van der Waals surface area contributed by atoms with Crippen LogP contribution >= 0.6 is 15.9 Å². The van der Waals surface area contributed by atoms with Gasteiger partial charge in [0.05, 0.1) is 16.2 Å². The first-order valence-corrected chi connectivity index (χ1v) is 7.30. The van der Waals surface area contributed by atoms with Gasteiger partial charge in [0.25, 0.3) is 0 Å². The molecule has 1 aromatic heterocycles. The van der Waals surface area contributed by atoms with Crippen molar-refractivity contribution < 1.29 is 4.39 Å². The third-order valence-electron chi connectivity index (χ3n) is 3.07. The van der Waals surface area contributed by atoms with E-state index in [2.05, 4.69) is 47.1 Å². The van der Waals surface area contributed by atoms with Crippen LogP contribution in [0.1, 0.15) is 31.9 Å². The van der Waals surface area contributed by atoms with E-state index in [1.807, 2.05) is 24.0 Å². The molecule has 1 aromatic carbocycles. The minimum Gasteiger partial charge on any atom is -0.381 e. The van der Waals surface area contributed by atoms with E-state index in [-0.39, 0.29) is 11.4 Å². The molecule has 0 aliphatic carbocycles. The number of rotatable bonds is 3. The van der Waals surface area contributed by atoms with Gasteiger partial charge in [-0.25, -0.2) is 4.39 Å². The van der Waals surface area contributed by atoms with Crippen molar-refractivity contribution in [2.24, 2.45) is 0 Å². The van der Waals surface area contributed by atoms with Crippen LogP contribution in [0.2, 0.25) is 0 Å². The number of anilines is 1. The van der Waals surface area contributed by atoms with Gasteiger partial charge in [0, 0.05) is 24.0 Å². The van der Waals surface area contributed by atoms with Gasteiger partial charge in [-0.15, -0.1) is 0 Å². The summed E-state index contributed by atoms with van der Waals surface area (Å²) >= 11 is 3.21. The molecule has 0 bridgehead atoms. The van der Waals surface area contributed by atoms with Crippen LogP contribution in [0, 0.1) is 12.7 Å². The number of hydrogen-bond acceptors (Lipinski definition) is 2. The fraction of sp³-hybridized carbons (Fsp3) is 0.400. The Morgan fingerprint density at radius 2 is 2.05 bits per heavy atom. The highest BCUT2D eigenvalue weighted by atomic mass is 79.9. The van der Waals surface area contributed by atoms with E-state index >= 15 is 0 Å². The van der Waals surface area contributed by atoms with E-state index < -0.39 is 0 Å². The molecule has 3 nitrogen and oxygen atoms in total. The first-order chi connectivity index (χ1) is 9.27. The second kappa shape index (κ2) is 5.56. The monoisotopic (exact) mass is 339 g/mol. The molecule has 2 aromatic rings. The lowest BCUT2D eigenvalue weighted by Gasteiger charge is -2.18. The summed E-state index contributed by atoms with van der Waals surface area (Å²) in [5.41, 5.74) is 2.88. The first-order valence-electron chi connectivity index (χ1n) is 6.51. The molecule has 20 heavy (non-hydrogen) atoms. The maximum atomic E-state index is 13.4. The lowest BCUT2D eigenvalue weighted by Crippen LogP contribution is -2.21. The van der Waals surface area contributed by atoms with E-state index in [4.69, 9.17) is 0 Å². The molecule has 108 valence electrons. The standard InChI is InChI=1S/C15H19BrFN3/c1-10-5-13(17)12(16)6-14(10)18-7-11-8-19-20(9-11)15(2,3)4/h5-6,8-9,18H,7H2,1-4H3. The zero-order chi connectivity index (χ0) is 14.9. The number of nitrogens with zero attached hydrogens (tertiary/aromatic N) is 2. The Kier molecular flexibility index (Phi) is 4.18. The molecular weight excluding hydrogens is 321 g/mol. The molecule has 0 atom stereocenters. The average Bonchev–Trinajstić information content (AvgIpc) is 2.80. The smallest absolute Gasteiger partial charge is 0.137 e. The SMILES string of the molecule is Cc1cc(F)c(Br)cc1NCc1cnn(C(C)(C)C)c1. The molecule has 1 N–H and O–H groups in total. The van der Waals surface area contributed by atoms with Gasteiger partial charge in [0.1, 0.15) is 5.82 Å². The van der Waals surface area contributed by atoms with Gasteiger partial charge in [-0.3, -0.25) is 4.68 Å². The van der Waals surface area contributed by atoms with E-state index in [0.717, 1.165) is 16.8 Å². The second-order valence-electron chi connectivity index (χ2n) is 5.90. The third kappa shape index (κ3) is 3.39. The lowest BCUT2D eigenvalue weighted by atomic mass is 10.1. The molecule has 0 aliphatic rings. The fourth-order valence-corrected chi connectivity index (χ4v) is 2.20. The van der Waals surface area contributed by atoms with Crippen molar-refractivity contribution in [1.82, 2.24) is 9.78 Å². The summed E-state index contributed by atoms with van der Waals surface area (Å²) in [5.74, 6) is -0.242. The predicted octanol–water partition coefficient (Wildman–Crippen LogP) is 4.46. The molecule has 5 heteroatoms. The summed E-state index contributed by atoms with van der Waals surface area (Å²) in [6.45, 7) is 8.88. The summed E-state index contributed by atoms with van der Waals surface area (Å²) in [4.78, 5) is 0. The maximum absolute atomic E-state index is 13.4. The summed E-state index contributed by atoms with van der Waals surface area (Å²) < 4.78 is 15.8. The van der Waals surface area contributed by atoms with Crippen molar-refractivity contribution in [3.63, 3.8) is 0 Å². The number of nitrogens with one attached hydrogen (secondary N) is 1. The molecule has 0 aliphatic heterocycles. The highest BCUT2D eigenvalue weighted by Crippen LogP contribution is 2.24. The van der Waals surface area contributed by atoms with Crippen LogP contribution in [-0.4, -0.2) is 9.78 Å². The topological polar surface area (TPSA) is 29.9 Å². The molecule has 0 amide bonds. The van der Waals surface area contributed by atoms with Crippen LogP contribution in [0.25, 0.3) is 0 Å². The second-order valence-corrected chi connectivity index (χ2v) is 6.75. The van der Waals surface area contributed by atoms with Crippen molar-refractivity contribution in [2.45, 2.75) is 39.8 Å². The summed E-state index contributed by atoms with van der Waals surface area (Å²) in [5, 5.41) is 7.67. The van der Waals surface area contributed by atoms with Crippen LogP contribution in [-0.2, 0) is 12.1 Å². The van der Waals surface area contributed by atoms with Gasteiger partial charge < -0.3 is 5.32 Å². The van der Waals surface area contributed by atoms with Gasteiger partial charge in [0.15, 0.2) is 0 Å². The molecule has 0 fully saturated rings. The van der Waals surface area contributed by atoms with Crippen molar-refractivity contribution in [2.75, 3.05) is 5.32 Å². The number of benzene rings is 1. The molecule has 0 spiro atoms. The van der Waals surface area contributed by atoms with E-state index in [1.54, 1.807) is 6.07 Å². The van der Waals surface area contributed by atoms with Crippen LogP contribution in [0.15, 0.2) is 29.0 Å². The number of aromatic nitrogens is 2. The van der Waals surface area contributed by atoms with E-state index in [1.165, 1.54) is 6.07 Å². The Morgan fingerprint density at radius 1 is 1.35 bits per heavy atom. The number of aryl methyl sites for hydroxylation is 1. The van der Waals surface area contributed by atoms with Crippen molar-refractivity contribution in [3.05, 3.63) is 45.9 Å². The number of halogens is 2. The molecule has 2 rings (SSSR count). The number of hydrogen-bond donors (Lipinski definition) is 1. The summed E-state index contributed by atoms with van der Waals surface area (Å²) in [6, 6.07) is 3.28. The zero-order valence-corrected chi connectivity index (χ0v) is 13.8. The largest absolute Gasteiger partial charge is 0.381 e. The normalized spacial score (nSPS) is 11.7. The molecule has 0 unspecified atom stereocenters. The highest BCUT2D eigenvalue weighted by Gasteiger charge is 2.14. The molecule has 0 saturated heterocycles. The van der Waals surface area contributed by atoms with Gasteiger partial charge in [-0.2, -0.15) is 5.10 Å². The highest BCUT2D eigenvalue weighted by molar-refractivity contribution is 9.10. The van der Waals surface area contributed by atoms with Crippen LogP contribution < -0.4 is 5.32 Å². The predicted molar refractivity (Wildman–Crippen MR) is 83.4 cm³/mol. The summed E-state index contributed by atoms with van der Waals surface area (Å²) in [7, 11) is 0. The van der Waals surface area contributed by atoms with Crippen molar-refractivity contribution >= 4 is 21.6 Å². The first kappa shape index (κ1) is 15.0.